The summed E-state index contributed by atoms with van der Waals surface area (Å²) in [5, 5.41) is 11.3. The maximum Gasteiger partial charge on any atom is 0.223 e. The van der Waals surface area contributed by atoms with Crippen LogP contribution in [-0.2, 0) is 11.2 Å². The highest BCUT2D eigenvalue weighted by atomic mass is 35.5. The maximum atomic E-state index is 11.7. The Kier molecular flexibility index (Phi) is 4.48. The quantitative estimate of drug-likeness (QED) is 0.891. The van der Waals surface area contributed by atoms with Crippen LogP contribution in [0.4, 0.5) is 0 Å². The van der Waals surface area contributed by atoms with E-state index in [2.05, 4.69) is 0 Å². The molecule has 0 spiro atoms. The largest absolute Gasteiger partial charge is 0.389 e. The molecule has 1 aliphatic rings. The fourth-order valence-electron chi connectivity index (χ4n) is 2.97. The van der Waals surface area contributed by atoms with Gasteiger partial charge in [-0.3, -0.25) is 4.79 Å². The Morgan fingerprint density at radius 2 is 2.05 bits per heavy atom. The molecule has 1 aromatic rings. The molecule has 1 amide bonds. The Balaban J connectivity index is 2.18. The Morgan fingerprint density at radius 1 is 1.37 bits per heavy atom. The van der Waals surface area contributed by atoms with Gasteiger partial charge in [0.25, 0.3) is 0 Å². The first-order chi connectivity index (χ1) is 9.01. The van der Waals surface area contributed by atoms with Gasteiger partial charge in [0.2, 0.25) is 5.91 Å². The molecule has 0 aromatic heterocycles. The lowest BCUT2D eigenvalue weighted by atomic mass is 9.73. The van der Waals surface area contributed by atoms with Crippen LogP contribution in [0.3, 0.4) is 0 Å². The minimum atomic E-state index is -0.952. The third kappa shape index (κ3) is 3.48. The van der Waals surface area contributed by atoms with Crippen molar-refractivity contribution in [1.29, 1.82) is 0 Å². The fraction of sp³-hybridized carbons (Fsp3) is 0.533. The van der Waals surface area contributed by atoms with Crippen LogP contribution in [0.5, 0.6) is 0 Å². The highest BCUT2D eigenvalue weighted by Gasteiger charge is 2.40. The van der Waals surface area contributed by atoms with Crippen LogP contribution in [0.2, 0.25) is 5.02 Å². The van der Waals surface area contributed by atoms with E-state index in [0.29, 0.717) is 24.3 Å². The average molecular weight is 282 g/mol. The van der Waals surface area contributed by atoms with Crippen LogP contribution in [-0.4, -0.2) is 16.6 Å². The highest BCUT2D eigenvalue weighted by molar-refractivity contribution is 6.30. The molecular formula is C15H20ClNO2. The van der Waals surface area contributed by atoms with Crippen LogP contribution in [0.25, 0.3) is 0 Å². The molecule has 0 heterocycles. The predicted molar refractivity (Wildman–Crippen MR) is 75.9 cm³/mol. The van der Waals surface area contributed by atoms with Gasteiger partial charge in [-0.05, 0) is 37.0 Å². The zero-order valence-electron chi connectivity index (χ0n) is 10.9. The zero-order valence-corrected chi connectivity index (χ0v) is 11.7. The van der Waals surface area contributed by atoms with Gasteiger partial charge in [0.15, 0.2) is 0 Å². The lowest BCUT2D eigenvalue weighted by Crippen LogP contribution is -2.47. The minimum absolute atomic E-state index is 0.427. The lowest BCUT2D eigenvalue weighted by Gasteiger charge is -2.37. The summed E-state index contributed by atoms with van der Waals surface area (Å²) >= 11 is 5.95. The monoisotopic (exact) mass is 281 g/mol. The number of aliphatic hydroxyl groups is 1. The summed E-state index contributed by atoms with van der Waals surface area (Å²) in [6.07, 6.45) is 4.78. The van der Waals surface area contributed by atoms with Crippen molar-refractivity contribution in [3.8, 4) is 0 Å². The maximum absolute atomic E-state index is 11.7. The van der Waals surface area contributed by atoms with Crippen molar-refractivity contribution in [3.05, 3.63) is 34.9 Å². The number of halogens is 1. The van der Waals surface area contributed by atoms with E-state index in [1.165, 1.54) is 0 Å². The summed E-state index contributed by atoms with van der Waals surface area (Å²) in [5.74, 6) is -0.962. The number of rotatable bonds is 4. The first-order valence-corrected chi connectivity index (χ1v) is 7.15. The Labute approximate surface area is 118 Å². The predicted octanol–water partition coefficient (Wildman–Crippen LogP) is 2.68. The molecule has 1 unspecified atom stereocenters. The number of carbonyl (C=O) groups is 1. The number of carbonyl (C=O) groups excluding carboxylic acids is 1. The van der Waals surface area contributed by atoms with Crippen LogP contribution in [0.1, 0.15) is 37.7 Å². The molecule has 4 heteroatoms. The number of nitrogens with two attached hydrogens (primary N) is 1. The molecule has 3 N–H and O–H groups in total. The Hall–Kier alpha value is -1.06. The number of primary amides is 1. The van der Waals surface area contributed by atoms with Gasteiger partial charge in [-0.1, -0.05) is 43.0 Å². The lowest BCUT2D eigenvalue weighted by molar-refractivity contribution is -0.134. The molecule has 0 saturated heterocycles. The van der Waals surface area contributed by atoms with Gasteiger partial charge in [0, 0.05) is 5.02 Å². The number of hydrogen-bond donors (Lipinski definition) is 2. The molecule has 0 radical (unpaired) electrons. The van der Waals surface area contributed by atoms with Gasteiger partial charge < -0.3 is 10.8 Å². The second-order valence-corrected chi connectivity index (χ2v) is 5.89. The summed E-state index contributed by atoms with van der Waals surface area (Å²) in [5.41, 5.74) is 5.49. The molecule has 1 atom stereocenters. The fourth-order valence-corrected chi connectivity index (χ4v) is 3.18. The first kappa shape index (κ1) is 14.4. The second kappa shape index (κ2) is 5.93. The average Bonchev–Trinajstić information content (AvgIpc) is 2.36. The topological polar surface area (TPSA) is 63.3 Å². The molecule has 3 nitrogen and oxygen atoms in total. The first-order valence-electron chi connectivity index (χ1n) is 6.77. The van der Waals surface area contributed by atoms with Crippen molar-refractivity contribution in [1.82, 2.24) is 0 Å². The molecule has 1 fully saturated rings. The second-order valence-electron chi connectivity index (χ2n) is 5.45. The third-order valence-corrected chi connectivity index (χ3v) is 4.28. The van der Waals surface area contributed by atoms with Crippen molar-refractivity contribution in [2.45, 2.75) is 44.1 Å². The van der Waals surface area contributed by atoms with Gasteiger partial charge in [-0.25, -0.2) is 0 Å². The van der Waals surface area contributed by atoms with E-state index in [9.17, 15) is 9.90 Å². The molecule has 0 aliphatic heterocycles. The molecular weight excluding hydrogens is 262 g/mol. The molecule has 1 aromatic carbocycles. The smallest absolute Gasteiger partial charge is 0.223 e. The van der Waals surface area contributed by atoms with Gasteiger partial charge in [0.05, 0.1) is 11.5 Å². The van der Waals surface area contributed by atoms with Crippen LogP contribution in [0, 0.1) is 5.92 Å². The van der Waals surface area contributed by atoms with Crippen LogP contribution < -0.4 is 5.73 Å². The van der Waals surface area contributed by atoms with Crippen molar-refractivity contribution in [2.24, 2.45) is 11.7 Å². The summed E-state index contributed by atoms with van der Waals surface area (Å²) < 4.78 is 0. The highest BCUT2D eigenvalue weighted by Crippen LogP contribution is 2.36. The van der Waals surface area contributed by atoms with E-state index in [0.717, 1.165) is 24.8 Å². The molecule has 2 rings (SSSR count). The zero-order chi connectivity index (χ0) is 13.9. The van der Waals surface area contributed by atoms with E-state index in [1.807, 2.05) is 18.2 Å². The summed E-state index contributed by atoms with van der Waals surface area (Å²) in [6.45, 7) is 0. The molecule has 19 heavy (non-hydrogen) atoms. The van der Waals surface area contributed by atoms with E-state index in [-0.39, 0.29) is 0 Å². The van der Waals surface area contributed by atoms with Gasteiger partial charge in [0.1, 0.15) is 0 Å². The summed E-state index contributed by atoms with van der Waals surface area (Å²) in [6, 6.07) is 7.37. The summed E-state index contributed by atoms with van der Waals surface area (Å²) in [7, 11) is 0. The van der Waals surface area contributed by atoms with Crippen molar-refractivity contribution < 1.29 is 9.90 Å². The summed E-state index contributed by atoms with van der Waals surface area (Å²) in [4.78, 5) is 11.7. The number of hydrogen-bond acceptors (Lipinski definition) is 2. The van der Waals surface area contributed by atoms with Crippen molar-refractivity contribution in [3.63, 3.8) is 0 Å². The number of amides is 1. The SMILES string of the molecule is NC(=O)C(Cc1cccc(Cl)c1)C1(O)CCCCC1. The van der Waals surface area contributed by atoms with Crippen molar-refractivity contribution >= 4 is 17.5 Å². The molecule has 1 aliphatic carbocycles. The molecule has 104 valence electrons. The van der Waals surface area contributed by atoms with Gasteiger partial charge >= 0.3 is 0 Å². The minimum Gasteiger partial charge on any atom is -0.389 e. The van der Waals surface area contributed by atoms with E-state index in [4.69, 9.17) is 17.3 Å². The molecule has 0 bridgehead atoms. The molecule has 1 saturated carbocycles. The van der Waals surface area contributed by atoms with Crippen LogP contribution in [0.15, 0.2) is 24.3 Å². The standard InChI is InChI=1S/C15H20ClNO2/c16-12-6-4-5-11(9-12)10-13(14(17)18)15(19)7-2-1-3-8-15/h4-6,9,13,19H,1-3,7-8,10H2,(H2,17,18). The van der Waals surface area contributed by atoms with E-state index >= 15 is 0 Å². The van der Waals surface area contributed by atoms with Gasteiger partial charge in [-0.2, -0.15) is 0 Å². The normalized spacial score (nSPS) is 19.9. The van der Waals surface area contributed by atoms with Gasteiger partial charge in [-0.15, -0.1) is 0 Å². The number of benzene rings is 1. The van der Waals surface area contributed by atoms with E-state index < -0.39 is 17.4 Å². The van der Waals surface area contributed by atoms with Crippen molar-refractivity contribution in [2.75, 3.05) is 0 Å². The Morgan fingerprint density at radius 3 is 2.63 bits per heavy atom. The van der Waals surface area contributed by atoms with E-state index in [1.54, 1.807) is 6.07 Å². The Bertz CT molecular complexity index is 455. The van der Waals surface area contributed by atoms with Crippen LogP contribution >= 0.6 is 11.6 Å². The third-order valence-electron chi connectivity index (χ3n) is 4.04.